The molecule has 2 aromatic heterocycles. The zero-order valence-electron chi connectivity index (χ0n) is 16.3. The molecule has 0 bridgehead atoms. The molecule has 1 aromatic carbocycles. The lowest BCUT2D eigenvalue weighted by atomic mass is 9.88. The van der Waals surface area contributed by atoms with E-state index in [1.165, 1.54) is 11.3 Å². The number of carbonyl (C=O) groups is 2. The van der Waals surface area contributed by atoms with Gasteiger partial charge in [-0.1, -0.05) is 15.9 Å². The monoisotopic (exact) mass is 495 g/mol. The van der Waals surface area contributed by atoms with Crippen LogP contribution in [0.5, 0.6) is 0 Å². The van der Waals surface area contributed by atoms with Gasteiger partial charge in [-0.15, -0.1) is 11.3 Å². The number of nitrogens with one attached hydrogen (secondary N) is 2. The van der Waals surface area contributed by atoms with Crippen LogP contribution in [0.15, 0.2) is 57.3 Å². The molecular formula is C22H18BrN5O2S. The zero-order valence-corrected chi connectivity index (χ0v) is 18.7. The zero-order chi connectivity index (χ0) is 21.4. The maximum absolute atomic E-state index is 13.3. The fourth-order valence-corrected chi connectivity index (χ4v) is 4.47. The number of hydrogen-bond acceptors (Lipinski definition) is 6. The number of rotatable bonds is 7. The Morgan fingerprint density at radius 2 is 2.06 bits per heavy atom. The Kier molecular flexibility index (Phi) is 5.15. The van der Waals surface area contributed by atoms with E-state index in [9.17, 15) is 9.59 Å². The molecule has 0 radical (unpaired) electrons. The van der Waals surface area contributed by atoms with Gasteiger partial charge in [-0.3, -0.25) is 25.0 Å². The first-order valence-corrected chi connectivity index (χ1v) is 11.5. The molecule has 1 aliphatic heterocycles. The summed E-state index contributed by atoms with van der Waals surface area (Å²) in [4.78, 5) is 34.6. The highest BCUT2D eigenvalue weighted by atomic mass is 79.9. The predicted octanol–water partition coefficient (Wildman–Crippen LogP) is 4.41. The Morgan fingerprint density at radius 1 is 1.26 bits per heavy atom. The number of aromatic nitrogens is 3. The quantitative estimate of drug-likeness (QED) is 0.506. The molecular weight excluding hydrogens is 478 g/mol. The molecule has 0 spiro atoms. The second kappa shape index (κ2) is 7.97. The van der Waals surface area contributed by atoms with Crippen LogP contribution in [0.2, 0.25) is 0 Å². The molecule has 1 saturated carbocycles. The Hall–Kier alpha value is -2.91. The lowest BCUT2D eigenvalue weighted by Crippen LogP contribution is -2.32. The summed E-state index contributed by atoms with van der Waals surface area (Å²) in [6.45, 7) is 0. The Balaban J connectivity index is 1.30. The average molecular weight is 496 g/mol. The van der Waals surface area contributed by atoms with Crippen molar-refractivity contribution in [2.75, 3.05) is 5.32 Å². The summed E-state index contributed by atoms with van der Waals surface area (Å²) in [5.74, 6) is 0.157. The van der Waals surface area contributed by atoms with Crippen LogP contribution in [0.3, 0.4) is 0 Å². The summed E-state index contributed by atoms with van der Waals surface area (Å²) in [5.41, 5.74) is 1.68. The standard InChI is InChI=1S/C22H18BrN5O2S/c23-15-6-4-14(5-7-15)20(30)26-21-25-16(12-31-21)10-19(29)22(8-1-9-24-22)18-11-17(27-28-18)13-2-3-13/h1,4-9,11-13H,2-3,10H2,(H,27,28)(H,25,26,30). The van der Waals surface area contributed by atoms with Crippen molar-refractivity contribution < 1.29 is 9.59 Å². The van der Waals surface area contributed by atoms with Crippen molar-refractivity contribution in [2.24, 2.45) is 4.99 Å². The number of amides is 1. The van der Waals surface area contributed by atoms with Crippen LogP contribution in [-0.2, 0) is 16.8 Å². The average Bonchev–Trinajstić information content (AvgIpc) is 3.15. The number of anilines is 1. The predicted molar refractivity (Wildman–Crippen MR) is 123 cm³/mol. The number of thiazole rings is 1. The van der Waals surface area contributed by atoms with Gasteiger partial charge in [0.25, 0.3) is 5.91 Å². The molecule has 156 valence electrons. The summed E-state index contributed by atoms with van der Waals surface area (Å²) in [7, 11) is 0. The normalized spacial score (nSPS) is 19.6. The van der Waals surface area contributed by atoms with Gasteiger partial charge < -0.3 is 0 Å². The number of hydrogen-bond donors (Lipinski definition) is 2. The first-order valence-electron chi connectivity index (χ1n) is 9.87. The minimum atomic E-state index is -1.12. The molecule has 3 heterocycles. The minimum absolute atomic E-state index is 0.0952. The fourth-order valence-electron chi connectivity index (χ4n) is 3.50. The topological polar surface area (TPSA) is 100 Å². The van der Waals surface area contributed by atoms with Crippen molar-refractivity contribution >= 4 is 50.3 Å². The first kappa shape index (κ1) is 20.0. The highest BCUT2D eigenvalue weighted by Gasteiger charge is 2.41. The minimum Gasteiger partial charge on any atom is -0.298 e. The molecule has 7 nitrogen and oxygen atoms in total. The number of aliphatic imine (C=N–C) groups is 1. The SMILES string of the molecule is O=C(Nc1nc(CC(=O)C2(c3cc(C4CC4)[nH]n3)C=CC=N2)cs1)c1ccc(Br)cc1. The Bertz CT molecular complexity index is 1190. The maximum atomic E-state index is 13.3. The lowest BCUT2D eigenvalue weighted by Gasteiger charge is -2.19. The van der Waals surface area contributed by atoms with E-state index in [0.29, 0.717) is 28.0 Å². The van der Waals surface area contributed by atoms with E-state index < -0.39 is 5.54 Å². The molecule has 1 unspecified atom stereocenters. The number of ketones is 1. The van der Waals surface area contributed by atoms with Gasteiger partial charge in [0, 0.05) is 33.2 Å². The van der Waals surface area contributed by atoms with Crippen molar-refractivity contribution in [1.29, 1.82) is 0 Å². The third kappa shape index (κ3) is 4.03. The molecule has 1 amide bonds. The van der Waals surface area contributed by atoms with Crippen LogP contribution in [0.25, 0.3) is 0 Å². The van der Waals surface area contributed by atoms with Gasteiger partial charge in [0.1, 0.15) is 5.69 Å². The van der Waals surface area contributed by atoms with Crippen LogP contribution in [0.4, 0.5) is 5.13 Å². The molecule has 2 aliphatic rings. The van der Waals surface area contributed by atoms with Gasteiger partial charge in [0.2, 0.25) is 0 Å². The summed E-state index contributed by atoms with van der Waals surface area (Å²) in [5, 5.41) is 12.5. The molecule has 3 aromatic rings. The van der Waals surface area contributed by atoms with E-state index >= 15 is 0 Å². The van der Waals surface area contributed by atoms with E-state index in [4.69, 9.17) is 0 Å². The molecule has 2 N–H and O–H groups in total. The Labute approximate surface area is 190 Å². The maximum Gasteiger partial charge on any atom is 0.257 e. The largest absolute Gasteiger partial charge is 0.298 e. The van der Waals surface area contributed by atoms with Crippen molar-refractivity contribution in [2.45, 2.75) is 30.7 Å². The Morgan fingerprint density at radius 3 is 2.77 bits per heavy atom. The van der Waals surface area contributed by atoms with Gasteiger partial charge >= 0.3 is 0 Å². The summed E-state index contributed by atoms with van der Waals surface area (Å²) >= 11 is 4.64. The van der Waals surface area contributed by atoms with E-state index in [2.05, 4.69) is 41.4 Å². The molecule has 1 fully saturated rings. The molecule has 5 rings (SSSR count). The summed E-state index contributed by atoms with van der Waals surface area (Å²) in [6.07, 6.45) is 7.58. The second-order valence-corrected chi connectivity index (χ2v) is 9.37. The number of benzene rings is 1. The lowest BCUT2D eigenvalue weighted by molar-refractivity contribution is -0.122. The first-order chi connectivity index (χ1) is 15.0. The van der Waals surface area contributed by atoms with Gasteiger partial charge in [0.05, 0.1) is 12.1 Å². The third-order valence-electron chi connectivity index (χ3n) is 5.35. The van der Waals surface area contributed by atoms with E-state index in [1.54, 1.807) is 48.0 Å². The number of nitrogens with zero attached hydrogens (tertiary/aromatic N) is 3. The van der Waals surface area contributed by atoms with Crippen molar-refractivity contribution in [3.8, 4) is 0 Å². The van der Waals surface area contributed by atoms with Crippen LogP contribution >= 0.6 is 27.3 Å². The van der Waals surface area contributed by atoms with Crippen LogP contribution in [-0.4, -0.2) is 33.1 Å². The number of aromatic amines is 1. The van der Waals surface area contributed by atoms with Crippen LogP contribution < -0.4 is 5.32 Å². The van der Waals surface area contributed by atoms with Gasteiger partial charge in [-0.05, 0) is 55.3 Å². The fraction of sp³-hybridized carbons (Fsp3) is 0.227. The van der Waals surface area contributed by atoms with Crippen LogP contribution in [0.1, 0.15) is 46.2 Å². The van der Waals surface area contributed by atoms with Gasteiger partial charge in [-0.2, -0.15) is 5.10 Å². The molecule has 31 heavy (non-hydrogen) atoms. The third-order valence-corrected chi connectivity index (χ3v) is 6.69. The number of halogens is 1. The van der Waals surface area contributed by atoms with Crippen LogP contribution in [0, 0.1) is 0 Å². The molecule has 1 atom stereocenters. The van der Waals surface area contributed by atoms with Gasteiger partial charge in [0.15, 0.2) is 16.5 Å². The molecule has 9 heteroatoms. The highest BCUT2D eigenvalue weighted by molar-refractivity contribution is 9.10. The van der Waals surface area contributed by atoms with E-state index in [0.717, 1.165) is 23.0 Å². The van der Waals surface area contributed by atoms with Crippen molar-refractivity contribution in [3.63, 3.8) is 0 Å². The van der Waals surface area contributed by atoms with Gasteiger partial charge in [-0.25, -0.2) is 4.98 Å². The van der Waals surface area contributed by atoms with Crippen molar-refractivity contribution in [3.05, 3.63) is 75.0 Å². The number of Topliss-reactive ketones (excluding diaryl/α,β-unsaturated/α-hetero) is 1. The number of carbonyl (C=O) groups excluding carboxylic acids is 2. The number of allylic oxidation sites excluding steroid dienone is 1. The molecule has 1 aliphatic carbocycles. The highest BCUT2D eigenvalue weighted by Crippen LogP contribution is 2.41. The summed E-state index contributed by atoms with van der Waals surface area (Å²) in [6, 6.07) is 9.02. The van der Waals surface area contributed by atoms with E-state index in [1.807, 2.05) is 6.07 Å². The smallest absolute Gasteiger partial charge is 0.257 e. The molecule has 0 saturated heterocycles. The summed E-state index contributed by atoms with van der Waals surface area (Å²) < 4.78 is 0.901. The van der Waals surface area contributed by atoms with Crippen molar-refractivity contribution in [1.82, 2.24) is 15.2 Å². The number of H-pyrrole nitrogens is 1. The van der Waals surface area contributed by atoms with E-state index in [-0.39, 0.29) is 18.1 Å². The second-order valence-electron chi connectivity index (χ2n) is 7.59.